The van der Waals surface area contributed by atoms with Crippen molar-refractivity contribution in [2.75, 3.05) is 13.2 Å². The van der Waals surface area contributed by atoms with E-state index in [9.17, 15) is 14.4 Å². The molecule has 2 fully saturated rings. The molecule has 0 spiro atoms. The highest BCUT2D eigenvalue weighted by molar-refractivity contribution is 5.95. The van der Waals surface area contributed by atoms with Gasteiger partial charge in [-0.3, -0.25) is 14.4 Å². The fourth-order valence-electron chi connectivity index (χ4n) is 4.94. The van der Waals surface area contributed by atoms with Crippen molar-refractivity contribution in [2.45, 2.75) is 51.2 Å². The van der Waals surface area contributed by atoms with Gasteiger partial charge in [0.05, 0.1) is 18.5 Å². The van der Waals surface area contributed by atoms with Gasteiger partial charge in [-0.25, -0.2) is 14.8 Å². The summed E-state index contributed by atoms with van der Waals surface area (Å²) < 4.78 is 5.28. The second-order valence-corrected chi connectivity index (χ2v) is 9.18. The van der Waals surface area contributed by atoms with Crippen LogP contribution in [0.5, 0.6) is 0 Å². The first-order valence-corrected chi connectivity index (χ1v) is 12.1. The summed E-state index contributed by atoms with van der Waals surface area (Å²) in [6.45, 7) is 0.511. The standard InChI is InChI=1S/C27H32N2O5/c30-20-28(34-18-23-13-5-2-6-14-23)17-24(15-21-11-7-8-12-21)26(31)29-25(19-33-27(29)32)16-22-9-3-1-4-10-22/h1-6,9-10,13-14,20-21,24-25H,7-8,11-12,15-19H2/t24-,25?/m1/s1. The summed E-state index contributed by atoms with van der Waals surface area (Å²) in [6, 6.07) is 19.0. The molecular weight excluding hydrogens is 432 g/mol. The van der Waals surface area contributed by atoms with Crippen LogP contribution in [0.1, 0.15) is 43.2 Å². The van der Waals surface area contributed by atoms with Gasteiger partial charge in [0.2, 0.25) is 12.3 Å². The van der Waals surface area contributed by atoms with E-state index >= 15 is 0 Å². The Balaban J connectivity index is 1.47. The van der Waals surface area contributed by atoms with Crippen molar-refractivity contribution in [3.63, 3.8) is 0 Å². The molecule has 7 nitrogen and oxygen atoms in total. The first-order valence-electron chi connectivity index (χ1n) is 12.1. The molecule has 0 aromatic heterocycles. The molecule has 1 unspecified atom stereocenters. The molecule has 3 amide bonds. The first-order chi connectivity index (χ1) is 16.6. The number of amides is 3. The maximum Gasteiger partial charge on any atom is 0.416 e. The number of carbonyl (C=O) groups excluding carboxylic acids is 3. The molecule has 34 heavy (non-hydrogen) atoms. The Morgan fingerprint density at radius 1 is 1.06 bits per heavy atom. The number of imide groups is 1. The van der Waals surface area contributed by atoms with Crippen LogP contribution in [0, 0.1) is 11.8 Å². The van der Waals surface area contributed by atoms with Gasteiger partial charge in [0.1, 0.15) is 13.2 Å². The predicted molar refractivity (Wildman–Crippen MR) is 126 cm³/mol. The van der Waals surface area contributed by atoms with Gasteiger partial charge in [0.25, 0.3) is 0 Å². The lowest BCUT2D eigenvalue weighted by Gasteiger charge is -2.29. The van der Waals surface area contributed by atoms with Gasteiger partial charge in [-0.1, -0.05) is 86.3 Å². The third kappa shape index (κ3) is 6.23. The van der Waals surface area contributed by atoms with Crippen LogP contribution in [-0.4, -0.2) is 47.6 Å². The lowest BCUT2D eigenvalue weighted by atomic mass is 9.91. The number of nitrogens with zero attached hydrogens (tertiary/aromatic N) is 2. The summed E-state index contributed by atoms with van der Waals surface area (Å²) >= 11 is 0. The number of hydroxylamine groups is 2. The van der Waals surface area contributed by atoms with E-state index in [1.165, 1.54) is 9.96 Å². The number of benzene rings is 2. The van der Waals surface area contributed by atoms with E-state index in [1.807, 2.05) is 60.7 Å². The van der Waals surface area contributed by atoms with Crippen LogP contribution in [-0.2, 0) is 32.2 Å². The summed E-state index contributed by atoms with van der Waals surface area (Å²) in [7, 11) is 0. The van der Waals surface area contributed by atoms with Crippen LogP contribution in [0.3, 0.4) is 0 Å². The molecule has 1 saturated carbocycles. The van der Waals surface area contributed by atoms with E-state index in [-0.39, 0.29) is 31.7 Å². The van der Waals surface area contributed by atoms with E-state index in [2.05, 4.69) is 0 Å². The SMILES string of the molecule is O=CN(C[C@@H](CC1CCCC1)C(=O)N1C(=O)OCC1Cc1ccccc1)OCc1ccccc1. The van der Waals surface area contributed by atoms with Crippen molar-refractivity contribution in [1.82, 2.24) is 9.96 Å². The average molecular weight is 465 g/mol. The Morgan fingerprint density at radius 2 is 1.71 bits per heavy atom. The Bertz CT molecular complexity index is 946. The van der Waals surface area contributed by atoms with Gasteiger partial charge >= 0.3 is 6.09 Å². The van der Waals surface area contributed by atoms with Gasteiger partial charge in [0.15, 0.2) is 0 Å². The monoisotopic (exact) mass is 464 g/mol. The lowest BCUT2D eigenvalue weighted by molar-refractivity contribution is -0.183. The van der Waals surface area contributed by atoms with E-state index in [0.29, 0.717) is 25.2 Å². The Hall–Kier alpha value is -3.19. The van der Waals surface area contributed by atoms with Crippen molar-refractivity contribution in [2.24, 2.45) is 11.8 Å². The molecule has 2 aromatic rings. The molecule has 0 bridgehead atoms. The molecule has 180 valence electrons. The van der Waals surface area contributed by atoms with Crippen molar-refractivity contribution >= 4 is 18.4 Å². The minimum atomic E-state index is -0.606. The van der Waals surface area contributed by atoms with E-state index in [0.717, 1.165) is 36.8 Å². The molecule has 1 aliphatic carbocycles. The fraction of sp³-hybridized carbons (Fsp3) is 0.444. The summed E-state index contributed by atoms with van der Waals surface area (Å²) in [6.07, 6.45) is 5.59. The maximum atomic E-state index is 13.7. The Labute approximate surface area is 200 Å². The average Bonchev–Trinajstić information content (AvgIpc) is 3.51. The maximum absolute atomic E-state index is 13.7. The van der Waals surface area contributed by atoms with Crippen LogP contribution < -0.4 is 0 Å². The van der Waals surface area contributed by atoms with Crippen LogP contribution in [0.4, 0.5) is 4.79 Å². The highest BCUT2D eigenvalue weighted by Crippen LogP contribution is 2.32. The highest BCUT2D eigenvalue weighted by Gasteiger charge is 2.42. The number of rotatable bonds is 11. The minimum Gasteiger partial charge on any atom is -0.447 e. The van der Waals surface area contributed by atoms with Gasteiger partial charge in [-0.05, 0) is 29.9 Å². The van der Waals surface area contributed by atoms with Crippen LogP contribution in [0.2, 0.25) is 0 Å². The number of carbonyl (C=O) groups is 3. The molecule has 0 radical (unpaired) electrons. The molecule has 1 heterocycles. The van der Waals surface area contributed by atoms with E-state index in [1.54, 1.807) is 0 Å². The van der Waals surface area contributed by atoms with Gasteiger partial charge in [-0.2, -0.15) is 0 Å². The Kier molecular flexibility index (Phi) is 8.31. The molecule has 4 rings (SSSR count). The molecular formula is C27H32N2O5. The van der Waals surface area contributed by atoms with Gasteiger partial charge in [-0.15, -0.1) is 0 Å². The smallest absolute Gasteiger partial charge is 0.416 e. The molecule has 2 aromatic carbocycles. The minimum absolute atomic E-state index is 0.105. The van der Waals surface area contributed by atoms with E-state index < -0.39 is 12.0 Å². The molecule has 0 N–H and O–H groups in total. The summed E-state index contributed by atoms with van der Waals surface area (Å²) in [5.74, 6) is -0.415. The van der Waals surface area contributed by atoms with Gasteiger partial charge < -0.3 is 4.74 Å². The van der Waals surface area contributed by atoms with Gasteiger partial charge in [0, 0.05) is 0 Å². The Morgan fingerprint density at radius 3 is 2.35 bits per heavy atom. The topological polar surface area (TPSA) is 76.2 Å². The van der Waals surface area contributed by atoms with Crippen molar-refractivity contribution in [3.05, 3.63) is 71.8 Å². The zero-order valence-corrected chi connectivity index (χ0v) is 19.4. The summed E-state index contributed by atoms with van der Waals surface area (Å²) in [5.41, 5.74) is 1.97. The normalized spacial score (nSPS) is 19.1. The third-order valence-corrected chi connectivity index (χ3v) is 6.71. The largest absolute Gasteiger partial charge is 0.447 e. The molecule has 2 atom stereocenters. The van der Waals surface area contributed by atoms with Crippen LogP contribution in [0.15, 0.2) is 60.7 Å². The lowest BCUT2D eigenvalue weighted by Crippen LogP contribution is -2.46. The van der Waals surface area contributed by atoms with Crippen molar-refractivity contribution in [1.29, 1.82) is 0 Å². The number of cyclic esters (lactones) is 1. The molecule has 2 aliphatic rings. The molecule has 7 heteroatoms. The van der Waals surface area contributed by atoms with Crippen molar-refractivity contribution in [3.8, 4) is 0 Å². The number of ether oxygens (including phenoxy) is 1. The third-order valence-electron chi connectivity index (χ3n) is 6.71. The summed E-state index contributed by atoms with van der Waals surface area (Å²) in [4.78, 5) is 45.1. The number of hydrogen-bond acceptors (Lipinski definition) is 5. The molecule has 1 saturated heterocycles. The zero-order valence-electron chi connectivity index (χ0n) is 19.4. The fourth-order valence-corrected chi connectivity index (χ4v) is 4.94. The zero-order chi connectivity index (χ0) is 23.8. The first kappa shape index (κ1) is 24.0. The molecule has 1 aliphatic heterocycles. The van der Waals surface area contributed by atoms with Crippen LogP contribution in [0.25, 0.3) is 0 Å². The highest BCUT2D eigenvalue weighted by atomic mass is 16.7. The quantitative estimate of drug-likeness (QED) is 0.365. The summed E-state index contributed by atoms with van der Waals surface area (Å²) in [5, 5.41) is 1.19. The van der Waals surface area contributed by atoms with Crippen LogP contribution >= 0.6 is 0 Å². The second-order valence-electron chi connectivity index (χ2n) is 9.18. The predicted octanol–water partition coefficient (Wildman–Crippen LogP) is 4.36. The van der Waals surface area contributed by atoms with Crippen molar-refractivity contribution < 1.29 is 24.0 Å². The second kappa shape index (κ2) is 11.8. The number of hydrogen-bond donors (Lipinski definition) is 0. The van der Waals surface area contributed by atoms with E-state index in [4.69, 9.17) is 9.57 Å².